The summed E-state index contributed by atoms with van der Waals surface area (Å²) >= 11 is 0. The fourth-order valence-electron chi connectivity index (χ4n) is 0.934. The fourth-order valence-corrected chi connectivity index (χ4v) is 0.934. The van der Waals surface area contributed by atoms with E-state index in [4.69, 9.17) is 0 Å². The van der Waals surface area contributed by atoms with Crippen LogP contribution in [0.2, 0.25) is 0 Å². The Morgan fingerprint density at radius 2 is 2.55 bits per heavy atom. The minimum atomic E-state index is 0.724. The Hall–Kier alpha value is -1.25. The summed E-state index contributed by atoms with van der Waals surface area (Å²) in [5.41, 5.74) is 0.877. The predicted octanol–water partition coefficient (Wildman–Crippen LogP) is 1.30. The van der Waals surface area contributed by atoms with E-state index in [2.05, 4.69) is 4.98 Å². The third-order valence-electron chi connectivity index (χ3n) is 1.45. The number of H-pyrrole nitrogens is 1. The van der Waals surface area contributed by atoms with Gasteiger partial charge < -0.3 is 9.88 Å². The zero-order valence-corrected chi connectivity index (χ0v) is 6.50. The van der Waals surface area contributed by atoms with E-state index in [0.717, 1.165) is 18.7 Å². The van der Waals surface area contributed by atoms with Gasteiger partial charge in [0.1, 0.15) is 0 Å². The van der Waals surface area contributed by atoms with Crippen LogP contribution in [0.25, 0.3) is 0 Å². The maximum absolute atomic E-state index is 10.4. The van der Waals surface area contributed by atoms with Gasteiger partial charge in [0.2, 0.25) is 0 Å². The summed E-state index contributed by atoms with van der Waals surface area (Å²) in [5.74, 6) is 0. The van der Waals surface area contributed by atoms with Crippen LogP contribution < -0.4 is 4.90 Å². The van der Waals surface area contributed by atoms with Gasteiger partial charge in [-0.1, -0.05) is 6.92 Å². The molecule has 0 saturated heterocycles. The molecule has 0 aromatic carbocycles. The second-order valence-electron chi connectivity index (χ2n) is 2.31. The predicted molar refractivity (Wildman–Crippen MR) is 44.1 cm³/mol. The summed E-state index contributed by atoms with van der Waals surface area (Å²) in [6, 6.07) is 1.85. The average molecular weight is 151 g/mol. The molecule has 11 heavy (non-hydrogen) atoms. The first-order chi connectivity index (χ1) is 5.38. The first-order valence-electron chi connectivity index (χ1n) is 3.66. The molecule has 0 bridgehead atoms. The Labute approximate surface area is 66.0 Å². The molecule has 0 spiro atoms. The summed E-state index contributed by atoms with van der Waals surface area (Å²) in [7, 11) is 0. The molecule has 1 radical (unpaired) electrons. The maximum atomic E-state index is 10.4. The van der Waals surface area contributed by atoms with Crippen molar-refractivity contribution in [3.8, 4) is 0 Å². The van der Waals surface area contributed by atoms with Crippen molar-refractivity contribution in [1.82, 2.24) is 4.98 Å². The van der Waals surface area contributed by atoms with Crippen molar-refractivity contribution in [3.05, 3.63) is 18.5 Å². The van der Waals surface area contributed by atoms with E-state index in [1.165, 1.54) is 0 Å². The molecular weight excluding hydrogens is 140 g/mol. The molecule has 1 rings (SSSR count). The number of carbonyl (C=O) groups excluding carboxylic acids is 1. The second kappa shape index (κ2) is 3.81. The van der Waals surface area contributed by atoms with E-state index in [1.807, 2.05) is 19.4 Å². The second-order valence-corrected chi connectivity index (χ2v) is 2.31. The molecule has 3 nitrogen and oxygen atoms in total. The van der Waals surface area contributed by atoms with Crippen LogP contribution in [-0.2, 0) is 4.79 Å². The molecule has 0 aliphatic heterocycles. The van der Waals surface area contributed by atoms with Gasteiger partial charge in [-0.3, -0.25) is 4.79 Å². The Morgan fingerprint density at radius 1 is 1.73 bits per heavy atom. The van der Waals surface area contributed by atoms with E-state index in [0.29, 0.717) is 0 Å². The number of anilines is 1. The largest absolute Gasteiger partial charge is 0.366 e. The van der Waals surface area contributed by atoms with Crippen LogP contribution in [0.5, 0.6) is 0 Å². The lowest BCUT2D eigenvalue weighted by molar-refractivity contribution is 0.550. The first-order valence-corrected chi connectivity index (χ1v) is 3.66. The lowest BCUT2D eigenvalue weighted by Gasteiger charge is -2.11. The summed E-state index contributed by atoms with van der Waals surface area (Å²) in [6.45, 7) is 2.75. The van der Waals surface area contributed by atoms with Gasteiger partial charge in [0.05, 0.1) is 5.69 Å². The van der Waals surface area contributed by atoms with Crippen molar-refractivity contribution in [2.24, 2.45) is 0 Å². The number of hydrogen-bond acceptors (Lipinski definition) is 1. The molecule has 0 atom stereocenters. The van der Waals surface area contributed by atoms with E-state index >= 15 is 0 Å². The molecular formula is C8H11N2O. The van der Waals surface area contributed by atoms with Crippen LogP contribution in [0.3, 0.4) is 0 Å². The number of rotatable bonds is 4. The zero-order valence-electron chi connectivity index (χ0n) is 6.50. The van der Waals surface area contributed by atoms with Gasteiger partial charge in [0.15, 0.2) is 0 Å². The molecule has 0 aliphatic rings. The molecule has 0 saturated carbocycles. The molecule has 0 fully saturated rings. The Morgan fingerprint density at radius 3 is 3.00 bits per heavy atom. The topological polar surface area (TPSA) is 36.1 Å². The Bertz CT molecular complexity index is 206. The van der Waals surface area contributed by atoms with Gasteiger partial charge in [-0.05, 0) is 12.5 Å². The number of nitrogens with zero attached hydrogens (tertiary/aromatic N) is 1. The van der Waals surface area contributed by atoms with E-state index in [9.17, 15) is 4.79 Å². The smallest absolute Gasteiger partial charge is 0.316 e. The molecule has 1 heterocycles. The van der Waals surface area contributed by atoms with E-state index in [1.54, 1.807) is 17.3 Å². The van der Waals surface area contributed by atoms with Crippen molar-refractivity contribution in [3.63, 3.8) is 0 Å². The standard InChI is InChI=1S/C8H11N2O/c1-2-5-10(7-11)8-3-4-9-6-8/h3-4,6,9H,2,5H2,1H3. The highest BCUT2D eigenvalue weighted by molar-refractivity contribution is 5.74. The van der Waals surface area contributed by atoms with Crippen LogP contribution in [0, 0.1) is 0 Å². The van der Waals surface area contributed by atoms with Crippen LogP contribution in [0.1, 0.15) is 13.3 Å². The fraction of sp³-hybridized carbons (Fsp3) is 0.375. The Kier molecular flexibility index (Phi) is 2.72. The molecule has 1 aromatic rings. The molecule has 3 heteroatoms. The van der Waals surface area contributed by atoms with E-state index < -0.39 is 0 Å². The highest BCUT2D eigenvalue weighted by Crippen LogP contribution is 2.09. The van der Waals surface area contributed by atoms with Crippen LogP contribution in [0.15, 0.2) is 18.5 Å². The van der Waals surface area contributed by atoms with E-state index in [-0.39, 0.29) is 0 Å². The van der Waals surface area contributed by atoms with Gasteiger partial charge in [0.25, 0.3) is 0 Å². The van der Waals surface area contributed by atoms with Gasteiger partial charge >= 0.3 is 6.41 Å². The zero-order chi connectivity index (χ0) is 8.10. The Balaban J connectivity index is 2.63. The first kappa shape index (κ1) is 7.85. The number of aromatic amines is 1. The molecule has 0 aliphatic carbocycles. The van der Waals surface area contributed by atoms with Crippen molar-refractivity contribution in [2.45, 2.75) is 13.3 Å². The molecule has 59 valence electrons. The quantitative estimate of drug-likeness (QED) is 0.647. The number of nitrogens with one attached hydrogen (secondary N) is 1. The van der Waals surface area contributed by atoms with Crippen molar-refractivity contribution < 1.29 is 4.79 Å². The molecule has 1 amide bonds. The third-order valence-corrected chi connectivity index (χ3v) is 1.45. The third kappa shape index (κ3) is 1.83. The van der Waals surface area contributed by atoms with Gasteiger partial charge in [-0.25, -0.2) is 0 Å². The molecule has 1 aromatic heterocycles. The van der Waals surface area contributed by atoms with Crippen LogP contribution >= 0.6 is 0 Å². The SMILES string of the molecule is CCCN([C]=O)c1cc[nH]c1. The normalized spacial score (nSPS) is 9.55. The van der Waals surface area contributed by atoms with Crippen LogP contribution in [-0.4, -0.2) is 17.9 Å². The number of aromatic nitrogens is 1. The maximum Gasteiger partial charge on any atom is 0.316 e. The summed E-state index contributed by atoms with van der Waals surface area (Å²) in [5, 5.41) is 0. The van der Waals surface area contributed by atoms with Gasteiger partial charge in [0, 0.05) is 18.9 Å². The van der Waals surface area contributed by atoms with Gasteiger partial charge in [-0.15, -0.1) is 0 Å². The summed E-state index contributed by atoms with van der Waals surface area (Å²) in [6.07, 6.45) is 6.38. The monoisotopic (exact) mass is 151 g/mol. The van der Waals surface area contributed by atoms with Crippen molar-refractivity contribution in [1.29, 1.82) is 0 Å². The highest BCUT2D eigenvalue weighted by atomic mass is 16.1. The summed E-state index contributed by atoms with van der Waals surface area (Å²) < 4.78 is 0. The minimum Gasteiger partial charge on any atom is -0.366 e. The number of amides is 1. The average Bonchev–Trinajstić information content (AvgIpc) is 2.52. The highest BCUT2D eigenvalue weighted by Gasteiger charge is 2.03. The van der Waals surface area contributed by atoms with Crippen molar-refractivity contribution in [2.75, 3.05) is 11.4 Å². The van der Waals surface area contributed by atoms with Crippen molar-refractivity contribution >= 4 is 12.1 Å². The number of hydrogen-bond donors (Lipinski definition) is 1. The minimum absolute atomic E-state index is 0.724. The van der Waals surface area contributed by atoms with Gasteiger partial charge in [-0.2, -0.15) is 0 Å². The molecule has 1 N–H and O–H groups in total. The lowest BCUT2D eigenvalue weighted by Crippen LogP contribution is -2.20. The lowest BCUT2D eigenvalue weighted by atomic mass is 10.4. The molecule has 0 unspecified atom stereocenters. The van der Waals surface area contributed by atoms with Crippen LogP contribution in [0.4, 0.5) is 5.69 Å². The summed E-state index contributed by atoms with van der Waals surface area (Å²) in [4.78, 5) is 14.8.